The Bertz CT molecular complexity index is 4260. The molecule has 14 amide bonds. The van der Waals surface area contributed by atoms with E-state index < -0.39 is 181 Å². The van der Waals surface area contributed by atoms with Crippen LogP contribution in [0.15, 0.2) is 140 Å². The molecule has 18 N–H and O–H groups in total. The molecule has 1 fully saturated rings. The van der Waals surface area contributed by atoms with E-state index in [9.17, 15) is 68.1 Å². The van der Waals surface area contributed by atoms with Gasteiger partial charge in [0.15, 0.2) is 0 Å². The van der Waals surface area contributed by atoms with Gasteiger partial charge in [0.05, 0.1) is 32.0 Å². The van der Waals surface area contributed by atoms with Crippen LogP contribution in [0.25, 0.3) is 10.9 Å². The number of aromatic hydroxyl groups is 2. The summed E-state index contributed by atoms with van der Waals surface area (Å²) in [5.41, 5.74) is 8.55. The summed E-state index contributed by atoms with van der Waals surface area (Å²) in [5, 5.41) is 63.0. The van der Waals surface area contributed by atoms with Crippen molar-refractivity contribution in [3.05, 3.63) is 167 Å². The molecule has 0 aliphatic carbocycles. The summed E-state index contributed by atoms with van der Waals surface area (Å²) < 4.78 is 0. The van der Waals surface area contributed by atoms with Gasteiger partial charge in [0.1, 0.15) is 71.9 Å². The van der Waals surface area contributed by atoms with Crippen LogP contribution in [0.3, 0.4) is 0 Å². The number of aromatic amines is 1. The SMILES string of the molecule is CC(C)C[C@@H]1NC(=O)CNC(=O)[C@H](Cc2ccccc2)NC(=O)CSC[C@@H](C(=O)NCC(N)=O)NC(=O)[C@H](CC(C)C)NC(=O)[C@H](Cc2ccccc2)N(C)C(=O)[C@H](Cc2ccc(O)cc2)NC(=O)[C@H](Cc2c[nH]c3ccccc23)NC(=O)CNC(=O)[C@H](CO)NC(=O)[C@H](Cc2ccc(O)cc2)NC(=O)[C@H](C(C)C)NC1=O. The third kappa shape index (κ3) is 27.6. The topological polar surface area (TPSA) is 489 Å². The van der Waals surface area contributed by atoms with Crippen molar-refractivity contribution in [2.24, 2.45) is 23.5 Å². The number of phenols is 2. The van der Waals surface area contributed by atoms with Crippen molar-refractivity contribution in [1.82, 2.24) is 73.7 Å². The van der Waals surface area contributed by atoms with E-state index in [4.69, 9.17) is 5.73 Å². The van der Waals surface area contributed by atoms with E-state index in [0.717, 1.165) is 16.7 Å². The highest BCUT2D eigenvalue weighted by atomic mass is 32.2. The molecule has 1 aromatic heterocycles. The summed E-state index contributed by atoms with van der Waals surface area (Å²) in [6.45, 7) is 6.97. The molecule has 600 valence electrons. The van der Waals surface area contributed by atoms with Crippen LogP contribution in [0.2, 0.25) is 0 Å². The summed E-state index contributed by atoms with van der Waals surface area (Å²) in [4.78, 5) is 205. The molecule has 6 aromatic rings. The largest absolute Gasteiger partial charge is 0.508 e. The lowest BCUT2D eigenvalue weighted by molar-refractivity contribution is -0.143. The number of amides is 14. The van der Waals surface area contributed by atoms with E-state index in [1.807, 2.05) is 0 Å². The van der Waals surface area contributed by atoms with Gasteiger partial charge in [0, 0.05) is 62.0 Å². The van der Waals surface area contributed by atoms with Gasteiger partial charge in [-0.3, -0.25) is 67.1 Å². The number of rotatable bonds is 19. The number of likely N-dealkylation sites (N-methyl/N-ethyl adjacent to an activating group) is 1. The number of para-hydroxylation sites is 1. The predicted molar refractivity (Wildman–Crippen MR) is 416 cm³/mol. The maximum Gasteiger partial charge on any atom is 0.245 e. The van der Waals surface area contributed by atoms with Gasteiger partial charge in [0.25, 0.3) is 0 Å². The van der Waals surface area contributed by atoms with E-state index in [2.05, 4.69) is 68.8 Å². The van der Waals surface area contributed by atoms with Crippen LogP contribution in [0.5, 0.6) is 11.5 Å². The van der Waals surface area contributed by atoms with Crippen molar-refractivity contribution in [2.75, 3.05) is 44.8 Å². The summed E-state index contributed by atoms with van der Waals surface area (Å²) >= 11 is 0.844. The number of phenolic OH excluding ortho intramolecular Hbond substituents is 2. The molecule has 1 aliphatic heterocycles. The first kappa shape index (κ1) is 87.4. The van der Waals surface area contributed by atoms with E-state index >= 15 is 14.4 Å². The van der Waals surface area contributed by atoms with Crippen LogP contribution in [0, 0.1) is 17.8 Å². The number of H-pyrrole nitrogens is 1. The van der Waals surface area contributed by atoms with Crippen molar-refractivity contribution in [1.29, 1.82) is 0 Å². The molecule has 32 nitrogen and oxygen atoms in total. The van der Waals surface area contributed by atoms with Gasteiger partial charge < -0.3 is 94.7 Å². The fraction of sp³-hybridized carbons (Fsp3) is 0.418. The van der Waals surface area contributed by atoms with E-state index in [0.29, 0.717) is 38.7 Å². The number of thioether (sulfide) groups is 1. The van der Waals surface area contributed by atoms with Crippen LogP contribution in [0.1, 0.15) is 82.2 Å². The molecular weight excluding hydrogens is 1460 g/mol. The number of hydrogen-bond donors (Lipinski definition) is 17. The highest BCUT2D eigenvalue weighted by Crippen LogP contribution is 2.22. The van der Waals surface area contributed by atoms with Crippen LogP contribution >= 0.6 is 11.8 Å². The minimum Gasteiger partial charge on any atom is -0.508 e. The average molecular weight is 1560 g/mol. The Morgan fingerprint density at radius 2 is 0.920 bits per heavy atom. The number of carbonyl (C=O) groups is 14. The van der Waals surface area contributed by atoms with Crippen LogP contribution in [-0.2, 0) is 99.2 Å². The highest BCUT2D eigenvalue weighted by molar-refractivity contribution is 8.00. The third-order valence-corrected chi connectivity index (χ3v) is 19.3. The molecule has 1 saturated heterocycles. The zero-order valence-corrected chi connectivity index (χ0v) is 64.3. The maximum absolute atomic E-state index is 15.5. The molecule has 0 radical (unpaired) electrons. The van der Waals surface area contributed by atoms with Gasteiger partial charge in [0.2, 0.25) is 82.7 Å². The predicted octanol–water partition coefficient (Wildman–Crippen LogP) is -0.396. The molecule has 0 bridgehead atoms. The summed E-state index contributed by atoms with van der Waals surface area (Å²) in [7, 11) is 1.32. The number of benzene rings is 5. The summed E-state index contributed by atoms with van der Waals surface area (Å²) in [6.07, 6.45) is 0.529. The Kier molecular flexibility index (Phi) is 33.5. The second-order valence-corrected chi connectivity index (χ2v) is 29.7. The summed E-state index contributed by atoms with van der Waals surface area (Å²) in [5.74, 6) is -14.9. The first-order valence-electron chi connectivity index (χ1n) is 36.8. The van der Waals surface area contributed by atoms with E-state index in [1.165, 1.54) is 55.6 Å². The zero-order valence-electron chi connectivity index (χ0n) is 63.5. The van der Waals surface area contributed by atoms with Gasteiger partial charge in [-0.2, -0.15) is 0 Å². The number of nitrogens with zero attached hydrogens (tertiary/aromatic N) is 1. The Hall–Kier alpha value is -11.9. The number of aliphatic hydroxyl groups excluding tert-OH is 1. The minimum absolute atomic E-state index is 0.0207. The van der Waals surface area contributed by atoms with Gasteiger partial charge in [-0.15, -0.1) is 11.8 Å². The molecule has 0 spiro atoms. The fourth-order valence-corrected chi connectivity index (χ4v) is 13.2. The molecule has 7 rings (SSSR count). The van der Waals surface area contributed by atoms with Crippen LogP contribution in [-0.4, -0.2) is 213 Å². The highest BCUT2D eigenvalue weighted by Gasteiger charge is 2.39. The molecule has 0 saturated carbocycles. The average Bonchev–Trinajstić information content (AvgIpc) is 1.57. The zero-order chi connectivity index (χ0) is 81.7. The second-order valence-electron chi connectivity index (χ2n) is 28.6. The molecular formula is C79H101N15O17S. The van der Waals surface area contributed by atoms with Crippen molar-refractivity contribution < 1.29 is 82.4 Å². The Morgan fingerprint density at radius 1 is 0.482 bits per heavy atom. The lowest BCUT2D eigenvalue weighted by Crippen LogP contribution is -2.61. The first-order chi connectivity index (χ1) is 53.3. The lowest BCUT2D eigenvalue weighted by atomic mass is 9.98. The molecule has 33 heteroatoms. The van der Waals surface area contributed by atoms with E-state index in [1.54, 1.807) is 133 Å². The molecule has 112 heavy (non-hydrogen) atoms. The lowest BCUT2D eigenvalue weighted by Gasteiger charge is -2.33. The fourth-order valence-electron chi connectivity index (χ4n) is 12.4. The smallest absolute Gasteiger partial charge is 0.245 e. The van der Waals surface area contributed by atoms with Crippen LogP contribution < -0.4 is 69.5 Å². The normalized spacial score (nSPS) is 22.2. The number of primary amides is 1. The van der Waals surface area contributed by atoms with E-state index in [-0.39, 0.29) is 74.0 Å². The third-order valence-electron chi connectivity index (χ3n) is 18.3. The molecule has 0 unspecified atom stereocenters. The Labute approximate surface area is 652 Å². The van der Waals surface area contributed by atoms with Crippen molar-refractivity contribution >= 4 is 105 Å². The first-order valence-corrected chi connectivity index (χ1v) is 38.0. The Morgan fingerprint density at radius 3 is 1.46 bits per heavy atom. The number of aliphatic hydroxyl groups is 1. The Balaban J connectivity index is 1.27. The number of carbonyl (C=O) groups excluding carboxylic acids is 14. The van der Waals surface area contributed by atoms with Gasteiger partial charge in [-0.25, -0.2) is 0 Å². The number of nitrogens with one attached hydrogen (secondary N) is 13. The number of hydrogen-bond acceptors (Lipinski definition) is 18. The molecule has 5 aromatic carbocycles. The van der Waals surface area contributed by atoms with Crippen molar-refractivity contribution in [3.63, 3.8) is 0 Å². The maximum atomic E-state index is 15.5. The number of nitrogens with two attached hydrogens (primary N) is 1. The van der Waals surface area contributed by atoms with Gasteiger partial charge in [-0.05, 0) is 88.7 Å². The molecule has 2 heterocycles. The monoisotopic (exact) mass is 1560 g/mol. The molecule has 1 aliphatic rings. The van der Waals surface area contributed by atoms with Gasteiger partial charge >= 0.3 is 0 Å². The summed E-state index contributed by atoms with van der Waals surface area (Å²) in [6, 6.07) is 20.5. The quantitative estimate of drug-likeness (QED) is 0.0491. The van der Waals surface area contributed by atoms with Crippen LogP contribution in [0.4, 0.5) is 0 Å². The minimum atomic E-state index is -1.80. The second kappa shape index (κ2) is 42.9. The van der Waals surface area contributed by atoms with Crippen molar-refractivity contribution in [2.45, 2.75) is 147 Å². The number of aromatic nitrogens is 1. The standard InChI is InChI=1S/C79H101N15O17S/c1-44(2)30-56-76(108)93-69(46(5)6)78(110)89-59(33-49-22-26-52(96)27-23-49)74(106)91-62(41-95)71(103)84-40-67(100)86-60(36-51-37-81-55-21-15-14-20-54(51)55)75(107)90-61(34-50-24-28-53(97)29-25-50)79(111)94(7)64(35-48-18-12-9-13-19-48)77(109)88-57(31-45(3)4)73(105)92-63(72(104)82-38-65(80)98)42-112-43-68(101)87-58(32-47-16-10-8-11-17-47)70(102)83-39-66(99)85-56/h8-29,37,44-46,56-64,69,81,95-97H,30-36,38-43H2,1-7H3,(H2,80,98)(H,82,104)(H,83,102)(H,84,103)(H,85,99)(H,86,100)(H,87,101)(H,88,109)(H,89,110)(H,90,107)(H,91,106)(H,92,105)(H,93,108)/t56-,57-,58-,59-,60-,61-,62-,63-,64-,69-/m0/s1. The van der Waals surface area contributed by atoms with Gasteiger partial charge in [-0.1, -0.05) is 145 Å². The van der Waals surface area contributed by atoms with Crippen molar-refractivity contribution in [3.8, 4) is 11.5 Å². The number of fused-ring (bicyclic) bond motifs is 1. The molecule has 10 atom stereocenters.